The van der Waals surface area contributed by atoms with Crippen LogP contribution in [0.4, 0.5) is 0 Å². The van der Waals surface area contributed by atoms with E-state index in [1.807, 2.05) is 19.1 Å². The van der Waals surface area contributed by atoms with Crippen molar-refractivity contribution >= 4 is 5.97 Å². The highest BCUT2D eigenvalue weighted by atomic mass is 16.7. The van der Waals surface area contributed by atoms with Crippen LogP contribution in [-0.2, 0) is 26.1 Å². The van der Waals surface area contributed by atoms with Crippen LogP contribution >= 0.6 is 0 Å². The molecule has 190 valence electrons. The molecule has 10 heteroatoms. The smallest absolute Gasteiger partial charge is 0.335 e. The van der Waals surface area contributed by atoms with Crippen LogP contribution in [0, 0.1) is 5.92 Å². The Hall–Kier alpha value is -2.21. The van der Waals surface area contributed by atoms with E-state index < -0.39 is 48.9 Å². The number of aliphatic carboxylic acids is 1. The predicted molar refractivity (Wildman–Crippen MR) is 120 cm³/mol. The molecule has 6 rings (SSSR count). The van der Waals surface area contributed by atoms with Gasteiger partial charge in [0.2, 0.25) is 0 Å². The largest absolute Gasteiger partial charge is 0.490 e. The van der Waals surface area contributed by atoms with E-state index in [1.54, 1.807) is 0 Å². The summed E-state index contributed by atoms with van der Waals surface area (Å²) in [4.78, 5) is 13.9. The molecule has 3 heterocycles. The quantitative estimate of drug-likeness (QED) is 0.412. The Labute approximate surface area is 202 Å². The van der Waals surface area contributed by atoms with Crippen LogP contribution in [0.2, 0.25) is 0 Å². The SMILES string of the molecule is CCOc1ccc2c3c1O[C@H]1[C@@H](O[C@@H]4O[C@H](C(=O)O)[C@@H](O)C(O)[C@H]4O)C=C[C@H]4[C@H](C2)N(C)CC[C@@]341. The third-order valence-electron chi connectivity index (χ3n) is 8.52. The van der Waals surface area contributed by atoms with E-state index in [9.17, 15) is 25.2 Å². The maximum Gasteiger partial charge on any atom is 0.335 e. The van der Waals surface area contributed by atoms with Gasteiger partial charge in [0.15, 0.2) is 23.9 Å². The van der Waals surface area contributed by atoms with Crippen molar-refractivity contribution in [1.82, 2.24) is 4.90 Å². The Bertz CT molecular complexity index is 1060. The molecule has 2 aliphatic carbocycles. The number of hydrogen-bond acceptors (Lipinski definition) is 9. The number of hydrogen-bond donors (Lipinski definition) is 4. The summed E-state index contributed by atoms with van der Waals surface area (Å²) in [6, 6.07) is 4.37. The summed E-state index contributed by atoms with van der Waals surface area (Å²) in [7, 11) is 2.14. The number of likely N-dealkylation sites (N-methyl/N-ethyl adjacent to an activating group) is 1. The molecule has 0 saturated carbocycles. The van der Waals surface area contributed by atoms with Gasteiger partial charge >= 0.3 is 5.97 Å². The number of ether oxygens (including phenoxy) is 4. The van der Waals surface area contributed by atoms with Crippen LogP contribution < -0.4 is 9.47 Å². The number of rotatable bonds is 5. The van der Waals surface area contributed by atoms with Gasteiger partial charge in [-0.1, -0.05) is 18.2 Å². The van der Waals surface area contributed by atoms with Gasteiger partial charge in [-0.2, -0.15) is 0 Å². The van der Waals surface area contributed by atoms with Gasteiger partial charge in [-0.3, -0.25) is 0 Å². The minimum atomic E-state index is -1.77. The molecule has 0 aromatic heterocycles. The summed E-state index contributed by atoms with van der Waals surface area (Å²) in [5.41, 5.74) is 2.02. The van der Waals surface area contributed by atoms with Crippen LogP contribution in [-0.4, -0.2) is 100 Å². The maximum atomic E-state index is 11.6. The number of benzene rings is 1. The highest BCUT2D eigenvalue weighted by molar-refractivity contribution is 5.73. The van der Waals surface area contributed by atoms with Crippen LogP contribution in [0.5, 0.6) is 11.5 Å². The van der Waals surface area contributed by atoms with Gasteiger partial charge in [-0.15, -0.1) is 0 Å². The summed E-state index contributed by atoms with van der Waals surface area (Å²) in [5, 5.41) is 40.2. The molecule has 4 N–H and O–H groups in total. The highest BCUT2D eigenvalue weighted by Crippen LogP contribution is 2.62. The van der Waals surface area contributed by atoms with E-state index in [0.717, 1.165) is 30.7 Å². The average Bonchev–Trinajstić information content (AvgIpc) is 3.19. The van der Waals surface area contributed by atoms with Crippen molar-refractivity contribution < 1.29 is 44.2 Å². The van der Waals surface area contributed by atoms with Gasteiger partial charge in [-0.05, 0) is 45.0 Å². The van der Waals surface area contributed by atoms with Gasteiger partial charge in [0.1, 0.15) is 30.5 Å². The first-order valence-electron chi connectivity index (χ1n) is 12.2. The number of carboxylic acids is 1. The fourth-order valence-corrected chi connectivity index (χ4v) is 6.91. The van der Waals surface area contributed by atoms with Gasteiger partial charge < -0.3 is 44.3 Å². The van der Waals surface area contributed by atoms with E-state index in [4.69, 9.17) is 18.9 Å². The number of aliphatic hydroxyl groups excluding tert-OH is 3. The molecule has 10 atom stereocenters. The molecule has 5 aliphatic rings. The van der Waals surface area contributed by atoms with E-state index in [2.05, 4.69) is 24.1 Å². The van der Waals surface area contributed by atoms with Crippen LogP contribution in [0.1, 0.15) is 24.5 Å². The molecular formula is C25H31NO9. The van der Waals surface area contributed by atoms with Crippen LogP contribution in [0.3, 0.4) is 0 Å². The second-order valence-corrected chi connectivity index (χ2v) is 10.2. The van der Waals surface area contributed by atoms with Crippen molar-refractivity contribution in [3.63, 3.8) is 0 Å². The first-order chi connectivity index (χ1) is 16.8. The lowest BCUT2D eigenvalue weighted by Gasteiger charge is -2.57. The van der Waals surface area contributed by atoms with Crippen molar-refractivity contribution in [3.05, 3.63) is 35.4 Å². The minimum absolute atomic E-state index is 0.188. The fraction of sp³-hybridized carbons (Fsp3) is 0.640. The minimum Gasteiger partial charge on any atom is -0.490 e. The molecule has 0 amide bonds. The summed E-state index contributed by atoms with van der Waals surface area (Å²) >= 11 is 0. The van der Waals surface area contributed by atoms with Crippen molar-refractivity contribution in [1.29, 1.82) is 0 Å². The number of piperidine rings is 1. The number of aliphatic hydroxyl groups is 3. The van der Waals surface area contributed by atoms with Crippen LogP contribution in [0.15, 0.2) is 24.3 Å². The number of nitrogens with zero attached hydrogens (tertiary/aromatic N) is 1. The maximum absolute atomic E-state index is 11.6. The molecule has 1 aromatic carbocycles. The van der Waals surface area contributed by atoms with Crippen molar-refractivity contribution in [2.75, 3.05) is 20.2 Å². The topological polar surface area (TPSA) is 138 Å². The molecule has 2 fully saturated rings. The van der Waals surface area contributed by atoms with Crippen molar-refractivity contribution in [2.24, 2.45) is 5.92 Å². The van der Waals surface area contributed by atoms with Crippen molar-refractivity contribution in [2.45, 2.75) is 74.1 Å². The summed E-state index contributed by atoms with van der Waals surface area (Å²) in [5.74, 6) is 0.149. The summed E-state index contributed by atoms with van der Waals surface area (Å²) < 4.78 is 24.1. The summed E-state index contributed by atoms with van der Waals surface area (Å²) in [6.07, 6.45) is -3.67. The molecule has 10 nitrogen and oxygen atoms in total. The Kier molecular flexibility index (Phi) is 5.41. The zero-order chi connectivity index (χ0) is 24.6. The summed E-state index contributed by atoms with van der Waals surface area (Å²) in [6.45, 7) is 3.31. The molecular weight excluding hydrogens is 458 g/mol. The zero-order valence-corrected chi connectivity index (χ0v) is 19.6. The van der Waals surface area contributed by atoms with E-state index in [0.29, 0.717) is 18.4 Å². The van der Waals surface area contributed by atoms with Gasteiger partial charge in [0.05, 0.1) is 6.61 Å². The second kappa shape index (κ2) is 8.16. The van der Waals surface area contributed by atoms with Gasteiger partial charge in [-0.25, -0.2) is 4.79 Å². The third kappa shape index (κ3) is 3.14. The van der Waals surface area contributed by atoms with E-state index in [1.165, 1.54) is 5.56 Å². The number of carbonyl (C=O) groups is 1. The molecule has 2 bridgehead atoms. The Balaban J connectivity index is 1.39. The first-order valence-corrected chi connectivity index (χ1v) is 12.2. The Morgan fingerprint density at radius 3 is 2.74 bits per heavy atom. The lowest BCUT2D eigenvalue weighted by atomic mass is 9.53. The molecule has 35 heavy (non-hydrogen) atoms. The van der Waals surface area contributed by atoms with Gasteiger partial charge in [0, 0.05) is 22.9 Å². The first kappa shape index (κ1) is 23.2. The fourth-order valence-electron chi connectivity index (χ4n) is 6.91. The molecule has 1 spiro atoms. The van der Waals surface area contributed by atoms with E-state index in [-0.39, 0.29) is 11.3 Å². The molecule has 1 unspecified atom stereocenters. The average molecular weight is 490 g/mol. The highest BCUT2D eigenvalue weighted by Gasteiger charge is 2.65. The number of carboxylic acid groups (broad SMARTS) is 1. The lowest BCUT2D eigenvalue weighted by Crippen LogP contribution is -2.66. The van der Waals surface area contributed by atoms with Crippen LogP contribution in [0.25, 0.3) is 0 Å². The molecule has 3 aliphatic heterocycles. The number of likely N-dealkylation sites (tertiary alicyclic amines) is 1. The second-order valence-electron chi connectivity index (χ2n) is 10.2. The van der Waals surface area contributed by atoms with Crippen molar-refractivity contribution in [3.8, 4) is 11.5 Å². The predicted octanol–water partition coefficient (Wildman–Crippen LogP) is -0.192. The lowest BCUT2D eigenvalue weighted by molar-refractivity contribution is -0.307. The standard InChI is InChI=1S/C25H31NO9/c1-3-32-14-6-4-11-10-13-12-5-7-15(22-25(12,8-9-26(13)2)16(11)20(14)34-22)33-24-19(29)17(27)18(28)21(35-24)23(30)31/h4-7,12-13,15,17-19,21-22,24,27-29H,3,8-10H2,1-2H3,(H,30,31)/t12-,13-,15-,17?,18-,19+,21-,22-,24+,25-/m0/s1. The van der Waals surface area contributed by atoms with Gasteiger partial charge in [0.25, 0.3) is 0 Å². The normalized spacial score (nSPS) is 43.4. The third-order valence-corrected chi connectivity index (χ3v) is 8.52. The van der Waals surface area contributed by atoms with E-state index >= 15 is 0 Å². The molecule has 0 radical (unpaired) electrons. The zero-order valence-electron chi connectivity index (χ0n) is 19.6. The molecule has 1 aromatic rings. The monoisotopic (exact) mass is 489 g/mol. The Morgan fingerprint density at radius 1 is 1.20 bits per heavy atom. The Morgan fingerprint density at radius 2 is 2.00 bits per heavy atom. The molecule has 2 saturated heterocycles.